The smallest absolute Gasteiger partial charge is 0.131 e. The van der Waals surface area contributed by atoms with Crippen LogP contribution < -0.4 is 5.32 Å². The first-order valence-electron chi connectivity index (χ1n) is 4.51. The fraction of sp³-hybridized carbons (Fsp3) is 0.889. The molecule has 1 aliphatic rings. The molecular weight excluding hydrogens is 154 g/mol. The van der Waals surface area contributed by atoms with Crippen LogP contribution in [0.3, 0.4) is 0 Å². The summed E-state index contributed by atoms with van der Waals surface area (Å²) in [5, 5.41) is 12.7. The molecule has 0 aromatic rings. The van der Waals surface area contributed by atoms with Gasteiger partial charge in [0.2, 0.25) is 0 Å². The second-order valence-electron chi connectivity index (χ2n) is 3.80. The Hall–Kier alpha value is -0.410. The van der Waals surface area contributed by atoms with E-state index in [1.54, 1.807) is 6.92 Å². The van der Waals surface area contributed by atoms with E-state index in [-0.39, 0.29) is 17.9 Å². The van der Waals surface area contributed by atoms with Crippen molar-refractivity contribution in [3.8, 4) is 0 Å². The number of Topliss-reactive ketones (excluding diaryl/α,β-unsaturated/α-hetero) is 1. The van der Waals surface area contributed by atoms with Crippen LogP contribution in [0.5, 0.6) is 0 Å². The predicted octanol–water partition coefficient (Wildman–Crippen LogP) is 0.467. The van der Waals surface area contributed by atoms with Crippen molar-refractivity contribution in [1.29, 1.82) is 0 Å². The number of hydrogen-bond acceptors (Lipinski definition) is 3. The van der Waals surface area contributed by atoms with Crippen molar-refractivity contribution >= 4 is 5.78 Å². The van der Waals surface area contributed by atoms with E-state index in [0.29, 0.717) is 18.9 Å². The van der Waals surface area contributed by atoms with Crippen molar-refractivity contribution in [2.24, 2.45) is 0 Å². The molecule has 2 N–H and O–H groups in total. The molecule has 1 rings (SSSR count). The highest BCUT2D eigenvalue weighted by Gasteiger charge is 2.24. The molecule has 0 unspecified atom stereocenters. The van der Waals surface area contributed by atoms with Gasteiger partial charge in [-0.1, -0.05) is 0 Å². The molecule has 1 aliphatic heterocycles. The zero-order valence-electron chi connectivity index (χ0n) is 7.71. The molecule has 1 fully saturated rings. The van der Waals surface area contributed by atoms with Gasteiger partial charge in [-0.3, -0.25) is 4.79 Å². The molecule has 0 spiro atoms. The van der Waals surface area contributed by atoms with Crippen molar-refractivity contribution in [2.75, 3.05) is 0 Å². The minimum atomic E-state index is -0.231. The maximum Gasteiger partial charge on any atom is 0.131 e. The Labute approximate surface area is 73.2 Å². The molecular formula is C9H17NO2. The zero-order valence-corrected chi connectivity index (χ0v) is 7.71. The molecule has 0 aliphatic carbocycles. The van der Waals surface area contributed by atoms with Gasteiger partial charge in [-0.2, -0.15) is 0 Å². The van der Waals surface area contributed by atoms with E-state index in [9.17, 15) is 9.90 Å². The highest BCUT2D eigenvalue weighted by molar-refractivity contribution is 5.76. The third-order valence-corrected chi connectivity index (χ3v) is 2.24. The van der Waals surface area contributed by atoms with Gasteiger partial charge in [-0.05, 0) is 26.7 Å². The number of hydrogen-bond donors (Lipinski definition) is 2. The fourth-order valence-corrected chi connectivity index (χ4v) is 1.86. The third-order valence-electron chi connectivity index (χ3n) is 2.24. The Morgan fingerprint density at radius 1 is 1.58 bits per heavy atom. The standard InChI is InChI=1S/C9H17NO2/c1-6-3-9(12)5-8(10-6)4-7(2)11/h6,8-10,12H,3-5H2,1-2H3/t6-,8+,9+/m0/s1. The summed E-state index contributed by atoms with van der Waals surface area (Å²) >= 11 is 0. The highest BCUT2D eigenvalue weighted by atomic mass is 16.3. The first-order chi connectivity index (χ1) is 5.58. The van der Waals surface area contributed by atoms with Crippen LogP contribution in [0.25, 0.3) is 0 Å². The SMILES string of the molecule is CC(=O)C[C@@H]1C[C@H](O)C[C@H](C)N1. The van der Waals surface area contributed by atoms with Crippen LogP contribution in [0, 0.1) is 0 Å². The molecule has 3 heteroatoms. The summed E-state index contributed by atoms with van der Waals surface area (Å²) in [6, 6.07) is 0.513. The van der Waals surface area contributed by atoms with Crippen molar-refractivity contribution in [3.05, 3.63) is 0 Å². The summed E-state index contributed by atoms with van der Waals surface area (Å²) in [6.07, 6.45) is 1.82. The maximum absolute atomic E-state index is 10.8. The van der Waals surface area contributed by atoms with Crippen LogP contribution in [-0.2, 0) is 4.79 Å². The second-order valence-corrected chi connectivity index (χ2v) is 3.80. The molecule has 1 heterocycles. The maximum atomic E-state index is 10.8. The lowest BCUT2D eigenvalue weighted by Crippen LogP contribution is -2.46. The molecule has 0 aromatic carbocycles. The summed E-state index contributed by atoms with van der Waals surface area (Å²) in [7, 11) is 0. The van der Waals surface area contributed by atoms with E-state index in [1.807, 2.05) is 6.92 Å². The quantitative estimate of drug-likeness (QED) is 0.635. The van der Waals surface area contributed by atoms with Gasteiger partial charge in [-0.15, -0.1) is 0 Å². The Bertz CT molecular complexity index is 160. The molecule has 0 amide bonds. The van der Waals surface area contributed by atoms with Crippen molar-refractivity contribution in [3.63, 3.8) is 0 Å². The van der Waals surface area contributed by atoms with Crippen LogP contribution >= 0.6 is 0 Å². The predicted molar refractivity (Wildman–Crippen MR) is 46.9 cm³/mol. The average Bonchev–Trinajstić information content (AvgIpc) is 1.81. The number of carbonyl (C=O) groups excluding carboxylic acids is 1. The number of piperidine rings is 1. The summed E-state index contributed by atoms with van der Waals surface area (Å²) in [5.41, 5.74) is 0. The molecule has 0 aromatic heterocycles. The van der Waals surface area contributed by atoms with Gasteiger partial charge in [-0.25, -0.2) is 0 Å². The van der Waals surface area contributed by atoms with Crippen LogP contribution in [0.15, 0.2) is 0 Å². The van der Waals surface area contributed by atoms with Crippen LogP contribution in [0.2, 0.25) is 0 Å². The lowest BCUT2D eigenvalue weighted by Gasteiger charge is -2.31. The number of aliphatic hydroxyl groups is 1. The van der Waals surface area contributed by atoms with E-state index >= 15 is 0 Å². The number of rotatable bonds is 2. The van der Waals surface area contributed by atoms with Crippen LogP contribution in [0.1, 0.15) is 33.1 Å². The van der Waals surface area contributed by atoms with Gasteiger partial charge in [0.15, 0.2) is 0 Å². The van der Waals surface area contributed by atoms with Gasteiger partial charge in [0.05, 0.1) is 6.10 Å². The number of aliphatic hydroxyl groups excluding tert-OH is 1. The number of carbonyl (C=O) groups is 1. The average molecular weight is 171 g/mol. The Morgan fingerprint density at radius 2 is 2.25 bits per heavy atom. The molecule has 1 saturated heterocycles. The minimum absolute atomic E-state index is 0.182. The molecule has 12 heavy (non-hydrogen) atoms. The lowest BCUT2D eigenvalue weighted by atomic mass is 9.94. The summed E-state index contributed by atoms with van der Waals surface area (Å²) in [6.45, 7) is 3.63. The molecule has 3 nitrogen and oxygen atoms in total. The highest BCUT2D eigenvalue weighted by Crippen LogP contribution is 2.15. The Kier molecular flexibility index (Phi) is 3.23. The topological polar surface area (TPSA) is 49.3 Å². The Morgan fingerprint density at radius 3 is 2.75 bits per heavy atom. The van der Waals surface area contributed by atoms with E-state index in [0.717, 1.165) is 6.42 Å². The third kappa shape index (κ3) is 2.91. The van der Waals surface area contributed by atoms with E-state index in [4.69, 9.17) is 0 Å². The number of ketones is 1. The van der Waals surface area contributed by atoms with Crippen LogP contribution in [0.4, 0.5) is 0 Å². The molecule has 70 valence electrons. The summed E-state index contributed by atoms with van der Waals surface area (Å²) < 4.78 is 0. The monoisotopic (exact) mass is 171 g/mol. The van der Waals surface area contributed by atoms with Gasteiger partial charge >= 0.3 is 0 Å². The first-order valence-corrected chi connectivity index (χ1v) is 4.51. The van der Waals surface area contributed by atoms with Gasteiger partial charge in [0.1, 0.15) is 5.78 Å². The molecule has 3 atom stereocenters. The van der Waals surface area contributed by atoms with Gasteiger partial charge in [0, 0.05) is 18.5 Å². The van der Waals surface area contributed by atoms with E-state index in [1.165, 1.54) is 0 Å². The summed E-state index contributed by atoms with van der Waals surface area (Å²) in [5.74, 6) is 0.189. The van der Waals surface area contributed by atoms with Crippen molar-refractivity contribution in [2.45, 2.75) is 51.3 Å². The Balaban J connectivity index is 2.38. The van der Waals surface area contributed by atoms with Crippen molar-refractivity contribution < 1.29 is 9.90 Å². The lowest BCUT2D eigenvalue weighted by molar-refractivity contribution is -0.117. The van der Waals surface area contributed by atoms with Crippen LogP contribution in [-0.4, -0.2) is 29.1 Å². The largest absolute Gasteiger partial charge is 0.393 e. The molecule has 0 bridgehead atoms. The van der Waals surface area contributed by atoms with E-state index < -0.39 is 0 Å². The molecule has 0 saturated carbocycles. The normalized spacial score (nSPS) is 36.4. The zero-order chi connectivity index (χ0) is 9.14. The first kappa shape index (κ1) is 9.68. The number of nitrogens with one attached hydrogen (secondary N) is 1. The second kappa shape index (κ2) is 4.01. The molecule has 0 radical (unpaired) electrons. The summed E-state index contributed by atoms with van der Waals surface area (Å²) in [4.78, 5) is 10.8. The van der Waals surface area contributed by atoms with Gasteiger partial charge in [0.25, 0.3) is 0 Å². The van der Waals surface area contributed by atoms with Gasteiger partial charge < -0.3 is 10.4 Å². The fourth-order valence-electron chi connectivity index (χ4n) is 1.86. The van der Waals surface area contributed by atoms with E-state index in [2.05, 4.69) is 5.32 Å². The minimum Gasteiger partial charge on any atom is -0.393 e. The van der Waals surface area contributed by atoms with Crippen molar-refractivity contribution in [1.82, 2.24) is 5.32 Å².